The molecular formula is C47H40O2. The molecule has 6 aromatic rings. The van der Waals surface area contributed by atoms with Gasteiger partial charge in [0.25, 0.3) is 0 Å². The van der Waals surface area contributed by atoms with E-state index in [4.69, 9.17) is 0 Å². The topological polar surface area (TPSA) is 40.5 Å². The van der Waals surface area contributed by atoms with Gasteiger partial charge in [0, 0.05) is 41.2 Å². The Morgan fingerprint density at radius 1 is 0.490 bits per heavy atom. The Bertz CT molecular complexity index is 2050. The van der Waals surface area contributed by atoms with E-state index in [0.717, 1.165) is 44.5 Å². The normalized spacial score (nSPS) is 17.1. The maximum Gasteiger partial charge on any atom is 0.122 e. The lowest BCUT2D eigenvalue weighted by atomic mass is 9.82. The second-order valence-corrected chi connectivity index (χ2v) is 13.6. The summed E-state index contributed by atoms with van der Waals surface area (Å²) in [5.74, 6) is 0.730. The molecule has 0 aromatic heterocycles. The Labute approximate surface area is 289 Å². The first-order valence-electron chi connectivity index (χ1n) is 17.3. The van der Waals surface area contributed by atoms with Gasteiger partial charge in [0.15, 0.2) is 0 Å². The van der Waals surface area contributed by atoms with E-state index in [2.05, 4.69) is 159 Å². The van der Waals surface area contributed by atoms with E-state index in [1.165, 1.54) is 22.3 Å². The first-order chi connectivity index (χ1) is 24.0. The summed E-state index contributed by atoms with van der Waals surface area (Å²) in [4.78, 5) is 0. The van der Waals surface area contributed by atoms with Crippen LogP contribution in [-0.4, -0.2) is 10.2 Å². The Morgan fingerprint density at radius 2 is 0.878 bits per heavy atom. The van der Waals surface area contributed by atoms with Crippen LogP contribution < -0.4 is 0 Å². The van der Waals surface area contributed by atoms with Gasteiger partial charge in [-0.25, -0.2) is 0 Å². The van der Waals surface area contributed by atoms with Crippen LogP contribution in [0.3, 0.4) is 0 Å². The maximum absolute atomic E-state index is 12.1. The van der Waals surface area contributed by atoms with E-state index >= 15 is 0 Å². The molecule has 2 heteroatoms. The van der Waals surface area contributed by atoms with Crippen molar-refractivity contribution in [3.8, 4) is 11.5 Å². The first-order valence-corrected chi connectivity index (χ1v) is 17.3. The van der Waals surface area contributed by atoms with Crippen LogP contribution in [0.15, 0.2) is 146 Å². The van der Waals surface area contributed by atoms with Crippen molar-refractivity contribution in [1.82, 2.24) is 0 Å². The minimum atomic E-state index is -0.0192. The summed E-state index contributed by atoms with van der Waals surface area (Å²) < 4.78 is 0. The monoisotopic (exact) mass is 636 g/mol. The van der Waals surface area contributed by atoms with Gasteiger partial charge in [-0.3, -0.25) is 0 Å². The largest absolute Gasteiger partial charge is 0.507 e. The molecule has 8 rings (SSSR count). The van der Waals surface area contributed by atoms with Gasteiger partial charge < -0.3 is 10.2 Å². The fourth-order valence-electron chi connectivity index (χ4n) is 7.91. The number of benzene rings is 6. The van der Waals surface area contributed by atoms with Crippen LogP contribution in [0.2, 0.25) is 0 Å². The zero-order valence-corrected chi connectivity index (χ0v) is 27.9. The van der Waals surface area contributed by atoms with Crippen LogP contribution in [0.4, 0.5) is 0 Å². The summed E-state index contributed by atoms with van der Waals surface area (Å²) in [7, 11) is 0. The lowest BCUT2D eigenvalue weighted by Gasteiger charge is -2.23. The number of allylic oxidation sites excluding steroid dienone is 2. The minimum Gasteiger partial charge on any atom is -0.507 e. The molecule has 2 aliphatic rings. The summed E-state index contributed by atoms with van der Waals surface area (Å²) in [6, 6.07) is 46.6. The van der Waals surface area contributed by atoms with Crippen molar-refractivity contribution in [3.05, 3.63) is 212 Å². The highest BCUT2D eigenvalue weighted by Crippen LogP contribution is 2.45. The number of fused-ring (bicyclic) bond motifs is 2. The molecule has 4 unspecified atom stereocenters. The molecule has 0 aliphatic heterocycles. The SMILES string of the molecule is CC(c1ccccc1)c1cc(C2C=Cc3ccccc32)cc(Cc2cc(C3C=Cc4ccccc43)cc(C(C)c3ccccc3)c2O)c1O. The average molecular weight is 637 g/mol. The third-order valence-electron chi connectivity index (χ3n) is 10.7. The number of phenols is 2. The summed E-state index contributed by atoms with van der Waals surface area (Å²) in [6.45, 7) is 4.33. The fourth-order valence-corrected chi connectivity index (χ4v) is 7.91. The van der Waals surface area contributed by atoms with E-state index in [0.29, 0.717) is 17.9 Å². The second-order valence-electron chi connectivity index (χ2n) is 13.6. The third kappa shape index (κ3) is 5.68. The zero-order chi connectivity index (χ0) is 33.5. The van der Waals surface area contributed by atoms with E-state index in [-0.39, 0.29) is 23.7 Å². The number of hydrogen-bond donors (Lipinski definition) is 2. The lowest BCUT2D eigenvalue weighted by Crippen LogP contribution is -2.06. The molecule has 240 valence electrons. The van der Waals surface area contributed by atoms with E-state index in [1.54, 1.807) is 0 Å². The van der Waals surface area contributed by atoms with Crippen molar-refractivity contribution in [2.75, 3.05) is 0 Å². The molecule has 6 aromatic carbocycles. The molecule has 0 heterocycles. The summed E-state index contributed by atoms with van der Waals surface area (Å²) in [6.07, 6.45) is 9.33. The average Bonchev–Trinajstić information content (AvgIpc) is 3.78. The van der Waals surface area contributed by atoms with Gasteiger partial charge in [-0.1, -0.05) is 172 Å². The molecule has 49 heavy (non-hydrogen) atoms. The van der Waals surface area contributed by atoms with Crippen LogP contribution in [0, 0.1) is 0 Å². The predicted octanol–water partition coefficient (Wildman–Crippen LogP) is 11.3. The number of hydrogen-bond acceptors (Lipinski definition) is 2. The molecule has 0 fully saturated rings. The smallest absolute Gasteiger partial charge is 0.122 e. The fraction of sp³-hybridized carbons (Fsp3) is 0.149. The third-order valence-corrected chi connectivity index (χ3v) is 10.7. The van der Waals surface area contributed by atoms with Gasteiger partial charge in [0.2, 0.25) is 0 Å². The van der Waals surface area contributed by atoms with Crippen LogP contribution in [0.5, 0.6) is 11.5 Å². The Kier molecular flexibility index (Phi) is 8.01. The minimum absolute atomic E-state index is 0.0192. The quantitative estimate of drug-likeness (QED) is 0.175. The molecule has 4 atom stereocenters. The summed E-state index contributed by atoms with van der Waals surface area (Å²) >= 11 is 0. The highest BCUT2D eigenvalue weighted by Gasteiger charge is 2.27. The number of aromatic hydroxyl groups is 2. The van der Waals surface area contributed by atoms with Crippen molar-refractivity contribution in [2.24, 2.45) is 0 Å². The molecule has 0 radical (unpaired) electrons. The summed E-state index contributed by atoms with van der Waals surface area (Å²) in [5, 5.41) is 24.2. The highest BCUT2D eigenvalue weighted by atomic mass is 16.3. The number of phenolic OH excluding ortho intramolecular Hbond substituents is 2. The van der Waals surface area contributed by atoms with Gasteiger partial charge in [-0.05, 0) is 55.6 Å². The first kappa shape index (κ1) is 30.7. The maximum atomic E-state index is 12.1. The molecule has 0 amide bonds. The van der Waals surface area contributed by atoms with Crippen LogP contribution in [0.25, 0.3) is 12.2 Å². The Morgan fingerprint density at radius 3 is 1.31 bits per heavy atom. The molecule has 2 aliphatic carbocycles. The molecule has 2 N–H and O–H groups in total. The van der Waals surface area contributed by atoms with Crippen molar-refractivity contribution in [3.63, 3.8) is 0 Å². The molecule has 2 nitrogen and oxygen atoms in total. The molecule has 0 bridgehead atoms. The number of rotatable bonds is 8. The van der Waals surface area contributed by atoms with E-state index in [1.807, 2.05) is 12.1 Å². The van der Waals surface area contributed by atoms with Crippen molar-refractivity contribution in [1.29, 1.82) is 0 Å². The highest BCUT2D eigenvalue weighted by molar-refractivity contribution is 5.68. The standard InChI is InChI=1S/C47H40O2/c1-30(32-13-5-3-6-14-32)44-28-36(42-23-21-34-17-9-11-19-40(34)42)25-38(46(44)48)27-39-26-37(43-24-22-35-18-10-12-20-41(35)43)29-45(47(39)49)31(2)33-15-7-4-8-16-33/h3-26,28-31,42-43,48-49H,27H2,1-2H3. The molecular weight excluding hydrogens is 597 g/mol. The Balaban J connectivity index is 1.28. The van der Waals surface area contributed by atoms with Crippen LogP contribution in [0.1, 0.15) is 104 Å². The second kappa shape index (κ2) is 12.8. The van der Waals surface area contributed by atoms with Crippen molar-refractivity contribution >= 4 is 12.2 Å². The zero-order valence-electron chi connectivity index (χ0n) is 27.9. The van der Waals surface area contributed by atoms with Gasteiger partial charge in [0.05, 0.1) is 0 Å². The Hall–Kier alpha value is -5.60. The van der Waals surface area contributed by atoms with Gasteiger partial charge >= 0.3 is 0 Å². The van der Waals surface area contributed by atoms with Crippen LogP contribution in [-0.2, 0) is 6.42 Å². The predicted molar refractivity (Wildman–Crippen MR) is 202 cm³/mol. The van der Waals surface area contributed by atoms with Gasteiger partial charge in [-0.15, -0.1) is 0 Å². The summed E-state index contributed by atoms with van der Waals surface area (Å²) in [5.41, 5.74) is 13.0. The molecule has 0 spiro atoms. The molecule has 0 saturated carbocycles. The van der Waals surface area contributed by atoms with Crippen LogP contribution >= 0.6 is 0 Å². The van der Waals surface area contributed by atoms with Gasteiger partial charge in [-0.2, -0.15) is 0 Å². The lowest BCUT2D eigenvalue weighted by molar-refractivity contribution is 0.453. The molecule has 0 saturated heterocycles. The van der Waals surface area contributed by atoms with Crippen molar-refractivity contribution < 1.29 is 10.2 Å². The van der Waals surface area contributed by atoms with Gasteiger partial charge in [0.1, 0.15) is 11.5 Å². The van der Waals surface area contributed by atoms with E-state index < -0.39 is 0 Å². The van der Waals surface area contributed by atoms with E-state index in [9.17, 15) is 10.2 Å². The van der Waals surface area contributed by atoms with Crippen molar-refractivity contribution in [2.45, 2.75) is 43.9 Å².